The Bertz CT molecular complexity index is 163. The quantitative estimate of drug-likeness (QED) is 0.655. The van der Waals surface area contributed by atoms with Gasteiger partial charge in [0.2, 0.25) is 0 Å². The van der Waals surface area contributed by atoms with Crippen LogP contribution in [0.4, 0.5) is 0 Å². The van der Waals surface area contributed by atoms with Crippen molar-refractivity contribution in [2.75, 3.05) is 6.54 Å². The Balaban J connectivity index is 2.14. The highest BCUT2D eigenvalue weighted by molar-refractivity contribution is 5.11. The van der Waals surface area contributed by atoms with Crippen LogP contribution in [0.5, 0.6) is 0 Å². The Labute approximate surface area is 74.4 Å². The first kappa shape index (κ1) is 8.52. The lowest BCUT2D eigenvalue weighted by molar-refractivity contribution is -0.0814. The lowest BCUT2D eigenvalue weighted by Crippen LogP contribution is -2.69. The standard InChI is InChI=1S/C10H19NO/c1-2-9(7-8-11-9)10(12)5-3-4-6-10/h11-12H,2-8H2,1H3/t9-/m0/s1. The molecule has 70 valence electrons. The second kappa shape index (κ2) is 2.71. The molecule has 0 spiro atoms. The zero-order valence-electron chi connectivity index (χ0n) is 7.90. The van der Waals surface area contributed by atoms with Crippen molar-refractivity contribution in [1.82, 2.24) is 5.32 Å². The largest absolute Gasteiger partial charge is 0.388 e. The number of nitrogens with one attached hydrogen (secondary N) is 1. The Morgan fingerprint density at radius 1 is 1.25 bits per heavy atom. The van der Waals surface area contributed by atoms with E-state index in [4.69, 9.17) is 0 Å². The van der Waals surface area contributed by atoms with Crippen LogP contribution in [0, 0.1) is 0 Å². The first-order chi connectivity index (χ1) is 5.72. The fourth-order valence-electron chi connectivity index (χ4n) is 2.89. The zero-order chi connectivity index (χ0) is 8.66. The van der Waals surface area contributed by atoms with Crippen LogP contribution in [0.3, 0.4) is 0 Å². The second-order valence-electron chi connectivity index (χ2n) is 4.35. The normalized spacial score (nSPS) is 39.5. The molecule has 2 N–H and O–H groups in total. The fourth-order valence-corrected chi connectivity index (χ4v) is 2.89. The van der Waals surface area contributed by atoms with E-state index in [0.29, 0.717) is 0 Å². The highest BCUT2D eigenvalue weighted by Crippen LogP contribution is 2.44. The molecule has 1 aliphatic heterocycles. The lowest BCUT2D eigenvalue weighted by Gasteiger charge is -2.52. The summed E-state index contributed by atoms with van der Waals surface area (Å²) in [6, 6.07) is 0. The van der Waals surface area contributed by atoms with E-state index >= 15 is 0 Å². The van der Waals surface area contributed by atoms with Gasteiger partial charge in [0, 0.05) is 5.54 Å². The number of hydrogen-bond donors (Lipinski definition) is 2. The molecule has 0 bridgehead atoms. The minimum absolute atomic E-state index is 0.0868. The molecule has 0 aromatic rings. The number of hydrogen-bond acceptors (Lipinski definition) is 2. The van der Waals surface area contributed by atoms with Gasteiger partial charge in [-0.1, -0.05) is 19.8 Å². The predicted octanol–water partition coefficient (Wildman–Crippen LogP) is 1.43. The maximum Gasteiger partial charge on any atom is 0.0828 e. The van der Waals surface area contributed by atoms with E-state index in [1.54, 1.807) is 0 Å². The van der Waals surface area contributed by atoms with Crippen LogP contribution in [0.25, 0.3) is 0 Å². The van der Waals surface area contributed by atoms with E-state index in [-0.39, 0.29) is 11.1 Å². The van der Waals surface area contributed by atoms with Crippen LogP contribution in [0.15, 0.2) is 0 Å². The van der Waals surface area contributed by atoms with Gasteiger partial charge in [0.25, 0.3) is 0 Å². The van der Waals surface area contributed by atoms with Crippen LogP contribution in [-0.4, -0.2) is 22.8 Å². The van der Waals surface area contributed by atoms with Crippen molar-refractivity contribution in [1.29, 1.82) is 0 Å². The third-order valence-corrected chi connectivity index (χ3v) is 3.94. The molecular weight excluding hydrogens is 150 g/mol. The zero-order valence-corrected chi connectivity index (χ0v) is 7.90. The SMILES string of the molecule is CC[C@@]1(C2(O)CCCC2)CCN1. The number of rotatable bonds is 2. The molecule has 0 aromatic carbocycles. The number of aliphatic hydroxyl groups is 1. The molecule has 1 atom stereocenters. The molecule has 12 heavy (non-hydrogen) atoms. The molecule has 2 nitrogen and oxygen atoms in total. The Kier molecular flexibility index (Phi) is 1.92. The van der Waals surface area contributed by atoms with E-state index in [0.717, 1.165) is 25.8 Å². The average Bonchev–Trinajstić information content (AvgIpc) is 2.35. The van der Waals surface area contributed by atoms with E-state index < -0.39 is 0 Å². The van der Waals surface area contributed by atoms with Crippen LogP contribution in [0.2, 0.25) is 0 Å². The van der Waals surface area contributed by atoms with Crippen LogP contribution in [-0.2, 0) is 0 Å². The minimum Gasteiger partial charge on any atom is -0.388 e. The highest BCUT2D eigenvalue weighted by Gasteiger charge is 2.53. The summed E-state index contributed by atoms with van der Waals surface area (Å²) in [5, 5.41) is 13.8. The molecule has 0 radical (unpaired) electrons. The summed E-state index contributed by atoms with van der Waals surface area (Å²) in [6.45, 7) is 3.28. The molecule has 2 fully saturated rings. The molecular formula is C10H19NO. The summed E-state index contributed by atoms with van der Waals surface area (Å²) in [4.78, 5) is 0. The Morgan fingerprint density at radius 3 is 2.17 bits per heavy atom. The average molecular weight is 169 g/mol. The second-order valence-corrected chi connectivity index (χ2v) is 4.35. The van der Waals surface area contributed by atoms with E-state index in [1.807, 2.05) is 0 Å². The van der Waals surface area contributed by atoms with Crippen molar-refractivity contribution in [2.24, 2.45) is 0 Å². The summed E-state index contributed by atoms with van der Waals surface area (Å²) in [6.07, 6.45) is 6.67. The monoisotopic (exact) mass is 169 g/mol. The third-order valence-electron chi connectivity index (χ3n) is 3.94. The third kappa shape index (κ3) is 0.944. The van der Waals surface area contributed by atoms with Gasteiger partial charge >= 0.3 is 0 Å². The van der Waals surface area contributed by atoms with Gasteiger partial charge in [-0.05, 0) is 32.2 Å². The summed E-state index contributed by atoms with van der Waals surface area (Å²) < 4.78 is 0. The molecule has 0 aromatic heterocycles. The molecule has 0 unspecified atom stereocenters. The van der Waals surface area contributed by atoms with Gasteiger partial charge in [0.05, 0.1) is 5.60 Å². The van der Waals surface area contributed by atoms with Crippen LogP contribution >= 0.6 is 0 Å². The Morgan fingerprint density at radius 2 is 1.83 bits per heavy atom. The van der Waals surface area contributed by atoms with Crippen molar-refractivity contribution in [3.63, 3.8) is 0 Å². The van der Waals surface area contributed by atoms with Crippen LogP contribution in [0.1, 0.15) is 45.4 Å². The Hall–Kier alpha value is -0.0800. The molecule has 0 amide bonds. The van der Waals surface area contributed by atoms with Crippen molar-refractivity contribution >= 4 is 0 Å². The van der Waals surface area contributed by atoms with Gasteiger partial charge in [-0.2, -0.15) is 0 Å². The van der Waals surface area contributed by atoms with Gasteiger partial charge in [0.1, 0.15) is 0 Å². The molecule has 1 saturated carbocycles. The van der Waals surface area contributed by atoms with E-state index in [9.17, 15) is 5.11 Å². The molecule has 2 rings (SSSR count). The van der Waals surface area contributed by atoms with Crippen molar-refractivity contribution < 1.29 is 5.11 Å². The van der Waals surface area contributed by atoms with Gasteiger partial charge in [-0.3, -0.25) is 0 Å². The lowest BCUT2D eigenvalue weighted by atomic mass is 9.70. The van der Waals surface area contributed by atoms with E-state index in [2.05, 4.69) is 12.2 Å². The van der Waals surface area contributed by atoms with Crippen molar-refractivity contribution in [3.8, 4) is 0 Å². The molecule has 1 saturated heterocycles. The maximum absolute atomic E-state index is 10.4. The van der Waals surface area contributed by atoms with Gasteiger partial charge in [-0.25, -0.2) is 0 Å². The van der Waals surface area contributed by atoms with Crippen molar-refractivity contribution in [2.45, 2.75) is 56.6 Å². The van der Waals surface area contributed by atoms with Gasteiger partial charge in [0.15, 0.2) is 0 Å². The first-order valence-electron chi connectivity index (χ1n) is 5.20. The predicted molar refractivity (Wildman–Crippen MR) is 49.1 cm³/mol. The van der Waals surface area contributed by atoms with Gasteiger partial charge < -0.3 is 10.4 Å². The van der Waals surface area contributed by atoms with Crippen molar-refractivity contribution in [3.05, 3.63) is 0 Å². The molecule has 1 aliphatic carbocycles. The smallest absolute Gasteiger partial charge is 0.0828 e. The fraction of sp³-hybridized carbons (Fsp3) is 1.00. The molecule has 2 heteroatoms. The topological polar surface area (TPSA) is 32.3 Å². The van der Waals surface area contributed by atoms with Gasteiger partial charge in [-0.15, -0.1) is 0 Å². The molecule has 1 heterocycles. The highest BCUT2D eigenvalue weighted by atomic mass is 16.3. The summed E-state index contributed by atoms with van der Waals surface area (Å²) in [5.41, 5.74) is -0.288. The minimum atomic E-state index is -0.375. The van der Waals surface area contributed by atoms with E-state index in [1.165, 1.54) is 19.3 Å². The first-order valence-corrected chi connectivity index (χ1v) is 5.20. The summed E-state index contributed by atoms with van der Waals surface area (Å²) in [5.74, 6) is 0. The molecule has 2 aliphatic rings. The summed E-state index contributed by atoms with van der Waals surface area (Å²) >= 11 is 0. The summed E-state index contributed by atoms with van der Waals surface area (Å²) in [7, 11) is 0. The van der Waals surface area contributed by atoms with Crippen LogP contribution < -0.4 is 5.32 Å². The maximum atomic E-state index is 10.4.